The second kappa shape index (κ2) is 5.09. The van der Waals surface area contributed by atoms with Gasteiger partial charge in [-0.1, -0.05) is 0 Å². The molecule has 0 aromatic carbocycles. The van der Waals surface area contributed by atoms with Crippen LogP contribution in [-0.2, 0) is 4.74 Å². The third-order valence-electron chi connectivity index (χ3n) is 3.03. The molecule has 0 fully saturated rings. The average molecular weight is 279 g/mol. The molecule has 0 bridgehead atoms. The van der Waals surface area contributed by atoms with Gasteiger partial charge in [0.25, 0.3) is 0 Å². The smallest absolute Gasteiger partial charge is 0.350 e. The van der Waals surface area contributed by atoms with E-state index >= 15 is 0 Å². The van der Waals surface area contributed by atoms with Crippen LogP contribution in [-0.4, -0.2) is 12.6 Å². The first kappa shape index (κ1) is 13.7. The molecule has 2 rings (SSSR count). The Morgan fingerprint density at radius 1 is 1.37 bits per heavy atom. The van der Waals surface area contributed by atoms with Crippen molar-refractivity contribution in [1.82, 2.24) is 0 Å². The van der Waals surface area contributed by atoms with Crippen LogP contribution in [0.15, 0.2) is 10.5 Å². The van der Waals surface area contributed by atoms with Crippen molar-refractivity contribution >= 4 is 23.0 Å². The highest BCUT2D eigenvalue weighted by Gasteiger charge is 2.20. The SMILES string of the molecule is CCOC(=O)c1sc(-c2c(C)oc(C)c2C)cc1N. The summed E-state index contributed by atoms with van der Waals surface area (Å²) in [6, 6.07) is 1.81. The van der Waals surface area contributed by atoms with Gasteiger partial charge in [0.05, 0.1) is 12.3 Å². The molecule has 0 saturated carbocycles. The van der Waals surface area contributed by atoms with Crippen molar-refractivity contribution < 1.29 is 13.9 Å². The van der Waals surface area contributed by atoms with Crippen LogP contribution >= 0.6 is 11.3 Å². The Bertz CT molecular complexity index is 625. The number of furan rings is 1. The summed E-state index contributed by atoms with van der Waals surface area (Å²) in [5.41, 5.74) is 8.45. The van der Waals surface area contributed by atoms with Crippen LogP contribution in [0.3, 0.4) is 0 Å². The third kappa shape index (κ3) is 2.38. The molecule has 0 atom stereocenters. The first-order chi connectivity index (χ1) is 8.95. The Balaban J connectivity index is 2.48. The number of rotatable bonds is 3. The molecule has 2 heterocycles. The van der Waals surface area contributed by atoms with Gasteiger partial charge in [-0.2, -0.15) is 0 Å². The lowest BCUT2D eigenvalue weighted by Crippen LogP contribution is -2.04. The maximum atomic E-state index is 11.8. The highest BCUT2D eigenvalue weighted by molar-refractivity contribution is 7.18. The minimum Gasteiger partial charge on any atom is -0.466 e. The monoisotopic (exact) mass is 279 g/mol. The summed E-state index contributed by atoms with van der Waals surface area (Å²) < 4.78 is 10.6. The normalized spacial score (nSPS) is 10.7. The zero-order valence-electron chi connectivity index (χ0n) is 11.5. The largest absolute Gasteiger partial charge is 0.466 e. The molecule has 0 aliphatic rings. The molecule has 0 unspecified atom stereocenters. The zero-order valence-corrected chi connectivity index (χ0v) is 12.3. The molecule has 2 aromatic heterocycles. The molecule has 0 saturated heterocycles. The van der Waals surface area contributed by atoms with Gasteiger partial charge in [0.1, 0.15) is 16.4 Å². The molecule has 2 N–H and O–H groups in total. The highest BCUT2D eigenvalue weighted by atomic mass is 32.1. The summed E-state index contributed by atoms with van der Waals surface area (Å²) in [7, 11) is 0. The molecule has 0 amide bonds. The number of carbonyl (C=O) groups is 1. The first-order valence-electron chi connectivity index (χ1n) is 6.09. The summed E-state index contributed by atoms with van der Waals surface area (Å²) >= 11 is 1.34. The van der Waals surface area contributed by atoms with Gasteiger partial charge >= 0.3 is 5.97 Å². The number of esters is 1. The third-order valence-corrected chi connectivity index (χ3v) is 4.18. The molecule has 102 valence electrons. The van der Waals surface area contributed by atoms with Crippen LogP contribution in [0.2, 0.25) is 0 Å². The Hall–Kier alpha value is -1.75. The van der Waals surface area contributed by atoms with Crippen molar-refractivity contribution in [3.05, 3.63) is 28.0 Å². The predicted molar refractivity (Wildman–Crippen MR) is 76.6 cm³/mol. The van der Waals surface area contributed by atoms with Gasteiger partial charge in [0, 0.05) is 10.4 Å². The fourth-order valence-corrected chi connectivity index (χ4v) is 3.16. The summed E-state index contributed by atoms with van der Waals surface area (Å²) in [5, 5.41) is 0. The Morgan fingerprint density at radius 2 is 2.05 bits per heavy atom. The van der Waals surface area contributed by atoms with Gasteiger partial charge in [-0.05, 0) is 39.3 Å². The van der Waals surface area contributed by atoms with Crippen LogP contribution in [0.25, 0.3) is 10.4 Å². The van der Waals surface area contributed by atoms with Crippen molar-refractivity contribution in [3.63, 3.8) is 0 Å². The van der Waals surface area contributed by atoms with Crippen molar-refractivity contribution in [1.29, 1.82) is 0 Å². The number of nitrogens with two attached hydrogens (primary N) is 1. The van der Waals surface area contributed by atoms with Crippen LogP contribution in [0, 0.1) is 20.8 Å². The number of thiophene rings is 1. The molecule has 2 aromatic rings. The topological polar surface area (TPSA) is 65.5 Å². The standard InChI is InChI=1S/C14H17NO3S/c1-5-17-14(16)13-10(15)6-11(19-13)12-7(2)8(3)18-9(12)4/h6H,5,15H2,1-4H3. The summed E-state index contributed by atoms with van der Waals surface area (Å²) in [5.74, 6) is 1.36. The van der Waals surface area contributed by atoms with Crippen LogP contribution in [0.1, 0.15) is 33.7 Å². The second-order valence-corrected chi connectivity index (χ2v) is 5.38. The summed E-state index contributed by atoms with van der Waals surface area (Å²) in [6.07, 6.45) is 0. The fraction of sp³-hybridized carbons (Fsp3) is 0.357. The van der Waals surface area contributed by atoms with Crippen molar-refractivity contribution in [2.75, 3.05) is 12.3 Å². The molecular formula is C14H17NO3S. The second-order valence-electron chi connectivity index (χ2n) is 4.33. The van der Waals surface area contributed by atoms with Crippen LogP contribution in [0.4, 0.5) is 5.69 Å². The van der Waals surface area contributed by atoms with Gasteiger partial charge in [-0.3, -0.25) is 0 Å². The van der Waals surface area contributed by atoms with E-state index < -0.39 is 0 Å². The number of hydrogen-bond acceptors (Lipinski definition) is 5. The summed E-state index contributed by atoms with van der Waals surface area (Å²) in [6.45, 7) is 7.95. The van der Waals surface area contributed by atoms with Crippen molar-refractivity contribution in [2.45, 2.75) is 27.7 Å². The molecule has 0 aliphatic carbocycles. The summed E-state index contributed by atoms with van der Waals surface area (Å²) in [4.78, 5) is 13.2. The van der Waals surface area contributed by atoms with E-state index in [0.29, 0.717) is 17.2 Å². The number of aryl methyl sites for hydroxylation is 2. The van der Waals surface area contributed by atoms with Crippen LogP contribution < -0.4 is 5.73 Å². The van der Waals surface area contributed by atoms with E-state index in [1.54, 1.807) is 13.0 Å². The van der Waals surface area contributed by atoms with Gasteiger partial charge < -0.3 is 14.9 Å². The van der Waals surface area contributed by atoms with E-state index in [0.717, 1.165) is 27.5 Å². The van der Waals surface area contributed by atoms with E-state index in [1.165, 1.54) is 11.3 Å². The van der Waals surface area contributed by atoms with Crippen molar-refractivity contribution in [2.24, 2.45) is 0 Å². The average Bonchev–Trinajstić information content (AvgIpc) is 2.81. The Kier molecular flexibility index (Phi) is 3.66. The van der Waals surface area contributed by atoms with Gasteiger partial charge in [0.15, 0.2) is 0 Å². The quantitative estimate of drug-likeness (QED) is 0.870. The number of ether oxygens (including phenoxy) is 1. The molecule has 5 heteroatoms. The lowest BCUT2D eigenvalue weighted by atomic mass is 10.1. The molecule has 0 spiro atoms. The minimum atomic E-state index is -0.369. The Morgan fingerprint density at radius 3 is 2.58 bits per heavy atom. The van der Waals surface area contributed by atoms with E-state index in [1.807, 2.05) is 20.8 Å². The van der Waals surface area contributed by atoms with Crippen molar-refractivity contribution in [3.8, 4) is 10.4 Å². The first-order valence-corrected chi connectivity index (χ1v) is 6.90. The predicted octanol–water partition coefficient (Wildman–Crippen LogP) is 3.69. The van der Waals surface area contributed by atoms with Gasteiger partial charge in [0.2, 0.25) is 0 Å². The maximum absolute atomic E-state index is 11.8. The Labute approximate surface area is 116 Å². The van der Waals surface area contributed by atoms with E-state index in [-0.39, 0.29) is 5.97 Å². The lowest BCUT2D eigenvalue weighted by Gasteiger charge is -1.99. The number of hydrogen-bond donors (Lipinski definition) is 1. The minimum absolute atomic E-state index is 0.342. The number of carbonyl (C=O) groups excluding carboxylic acids is 1. The number of anilines is 1. The number of nitrogen functional groups attached to an aromatic ring is 1. The maximum Gasteiger partial charge on any atom is 0.350 e. The fourth-order valence-electron chi connectivity index (χ4n) is 2.04. The lowest BCUT2D eigenvalue weighted by molar-refractivity contribution is 0.0533. The molecule has 0 aliphatic heterocycles. The molecular weight excluding hydrogens is 262 g/mol. The zero-order chi connectivity index (χ0) is 14.2. The van der Waals surface area contributed by atoms with Gasteiger partial charge in [-0.25, -0.2) is 4.79 Å². The van der Waals surface area contributed by atoms with Gasteiger partial charge in [-0.15, -0.1) is 11.3 Å². The van der Waals surface area contributed by atoms with E-state index in [9.17, 15) is 4.79 Å². The van der Waals surface area contributed by atoms with E-state index in [4.69, 9.17) is 14.9 Å². The molecule has 4 nitrogen and oxygen atoms in total. The van der Waals surface area contributed by atoms with Crippen LogP contribution in [0.5, 0.6) is 0 Å². The molecule has 0 radical (unpaired) electrons. The van der Waals surface area contributed by atoms with E-state index in [2.05, 4.69) is 0 Å². The molecule has 19 heavy (non-hydrogen) atoms. The highest BCUT2D eigenvalue weighted by Crippen LogP contribution is 2.39.